The number of rotatable bonds is 7. The summed E-state index contributed by atoms with van der Waals surface area (Å²) in [5.74, 6) is 1.05. The Labute approximate surface area is 184 Å². The first-order valence-corrected chi connectivity index (χ1v) is 11.4. The standard InChI is InChI=1S/C26H32FNO3/c1-17(2)18-6-10-22(11-7-18)31-23-12-8-19(9-13-23)24-5-3-4-20(25(24)27)14-28-15-21(16-28)26(29)30/h3-5,8-9,12-13,17-18,21-22H,6-7,10-11,14-16H2,1-2H3,(H,29,30). The summed E-state index contributed by atoms with van der Waals surface area (Å²) in [6.07, 6.45) is 4.92. The summed E-state index contributed by atoms with van der Waals surface area (Å²) in [6.45, 7) is 5.99. The van der Waals surface area contributed by atoms with Crippen LogP contribution in [-0.4, -0.2) is 35.2 Å². The van der Waals surface area contributed by atoms with Crippen molar-refractivity contribution >= 4 is 5.97 Å². The van der Waals surface area contributed by atoms with Gasteiger partial charge in [0.15, 0.2) is 0 Å². The molecule has 1 aliphatic heterocycles. The van der Waals surface area contributed by atoms with Gasteiger partial charge in [-0.1, -0.05) is 44.2 Å². The zero-order valence-electron chi connectivity index (χ0n) is 18.4. The summed E-state index contributed by atoms with van der Waals surface area (Å²) >= 11 is 0. The molecule has 0 aromatic heterocycles. The second kappa shape index (κ2) is 9.39. The molecule has 2 aromatic carbocycles. The molecule has 5 heteroatoms. The highest BCUT2D eigenvalue weighted by atomic mass is 19.1. The number of hydrogen-bond donors (Lipinski definition) is 1. The molecule has 0 bridgehead atoms. The lowest BCUT2D eigenvalue weighted by molar-refractivity contribution is -0.147. The average molecular weight is 426 g/mol. The molecule has 0 spiro atoms. The first kappa shape index (κ1) is 21.8. The number of aliphatic carboxylic acids is 1. The Morgan fingerprint density at radius 3 is 2.39 bits per heavy atom. The van der Waals surface area contributed by atoms with E-state index < -0.39 is 5.97 Å². The molecule has 1 heterocycles. The maximum absolute atomic E-state index is 15.1. The van der Waals surface area contributed by atoms with E-state index in [0.717, 1.165) is 36.0 Å². The van der Waals surface area contributed by atoms with Crippen LogP contribution >= 0.6 is 0 Å². The van der Waals surface area contributed by atoms with Crippen molar-refractivity contribution in [1.29, 1.82) is 0 Å². The second-order valence-electron chi connectivity index (χ2n) is 9.43. The molecule has 31 heavy (non-hydrogen) atoms. The van der Waals surface area contributed by atoms with Crippen LogP contribution in [0.4, 0.5) is 4.39 Å². The topological polar surface area (TPSA) is 49.8 Å². The van der Waals surface area contributed by atoms with E-state index >= 15 is 4.39 Å². The van der Waals surface area contributed by atoms with Crippen LogP contribution in [0.2, 0.25) is 0 Å². The first-order chi connectivity index (χ1) is 14.9. The van der Waals surface area contributed by atoms with Crippen LogP contribution < -0.4 is 4.74 Å². The fourth-order valence-electron chi connectivity index (χ4n) is 4.80. The number of ether oxygens (including phenoxy) is 1. The summed E-state index contributed by atoms with van der Waals surface area (Å²) in [4.78, 5) is 12.9. The Hall–Kier alpha value is -2.40. The van der Waals surface area contributed by atoms with Crippen molar-refractivity contribution in [2.45, 2.75) is 52.2 Å². The van der Waals surface area contributed by atoms with Crippen LogP contribution in [0.5, 0.6) is 5.75 Å². The average Bonchev–Trinajstić information content (AvgIpc) is 2.72. The molecule has 0 unspecified atom stereocenters. The van der Waals surface area contributed by atoms with Gasteiger partial charge in [-0.15, -0.1) is 0 Å². The number of benzene rings is 2. The van der Waals surface area contributed by atoms with Gasteiger partial charge in [-0.2, -0.15) is 0 Å². The van der Waals surface area contributed by atoms with Crippen LogP contribution in [0.3, 0.4) is 0 Å². The maximum Gasteiger partial charge on any atom is 0.309 e. The number of nitrogens with zero attached hydrogens (tertiary/aromatic N) is 1. The van der Waals surface area contributed by atoms with E-state index in [9.17, 15) is 4.79 Å². The molecule has 0 amide bonds. The van der Waals surface area contributed by atoms with Gasteiger partial charge < -0.3 is 9.84 Å². The molecule has 0 atom stereocenters. The quantitative estimate of drug-likeness (QED) is 0.627. The molecular formula is C26H32FNO3. The van der Waals surface area contributed by atoms with Gasteiger partial charge in [-0.3, -0.25) is 9.69 Å². The minimum absolute atomic E-state index is 0.234. The monoisotopic (exact) mass is 425 g/mol. The lowest BCUT2D eigenvalue weighted by atomic mass is 9.80. The van der Waals surface area contributed by atoms with Crippen LogP contribution in [0.25, 0.3) is 11.1 Å². The Morgan fingerprint density at radius 1 is 1.10 bits per heavy atom. The van der Waals surface area contributed by atoms with E-state index in [-0.39, 0.29) is 17.8 Å². The van der Waals surface area contributed by atoms with Crippen LogP contribution in [-0.2, 0) is 11.3 Å². The molecule has 1 N–H and O–H groups in total. The van der Waals surface area contributed by atoms with Crippen molar-refractivity contribution in [2.75, 3.05) is 13.1 Å². The van der Waals surface area contributed by atoms with Gasteiger partial charge >= 0.3 is 5.97 Å². The minimum Gasteiger partial charge on any atom is -0.490 e. The van der Waals surface area contributed by atoms with E-state index in [2.05, 4.69) is 13.8 Å². The van der Waals surface area contributed by atoms with Gasteiger partial charge in [0, 0.05) is 30.8 Å². The number of likely N-dealkylation sites (tertiary alicyclic amines) is 1. The molecule has 1 saturated heterocycles. The maximum atomic E-state index is 15.1. The molecular weight excluding hydrogens is 393 g/mol. The number of hydrogen-bond acceptors (Lipinski definition) is 3. The second-order valence-corrected chi connectivity index (χ2v) is 9.43. The summed E-state index contributed by atoms with van der Waals surface area (Å²) in [6, 6.07) is 13.1. The third-order valence-corrected chi connectivity index (χ3v) is 6.91. The van der Waals surface area contributed by atoms with Gasteiger partial charge in [-0.05, 0) is 55.2 Å². The number of carboxylic acids is 1. The summed E-state index contributed by atoms with van der Waals surface area (Å²) in [5, 5.41) is 9.01. The summed E-state index contributed by atoms with van der Waals surface area (Å²) in [7, 11) is 0. The van der Waals surface area contributed by atoms with E-state index in [1.165, 1.54) is 12.8 Å². The zero-order chi connectivity index (χ0) is 22.0. The van der Waals surface area contributed by atoms with Crippen LogP contribution in [0.1, 0.15) is 45.1 Å². The van der Waals surface area contributed by atoms with E-state index in [1.807, 2.05) is 35.2 Å². The van der Waals surface area contributed by atoms with Gasteiger partial charge in [-0.25, -0.2) is 4.39 Å². The SMILES string of the molecule is CC(C)C1CCC(Oc2ccc(-c3cccc(CN4CC(C(=O)O)C4)c3F)cc2)CC1. The lowest BCUT2D eigenvalue weighted by Gasteiger charge is -2.36. The van der Waals surface area contributed by atoms with E-state index in [1.54, 1.807) is 12.1 Å². The van der Waals surface area contributed by atoms with Gasteiger partial charge in [0.05, 0.1) is 12.0 Å². The molecule has 166 valence electrons. The van der Waals surface area contributed by atoms with Gasteiger partial charge in [0.25, 0.3) is 0 Å². The van der Waals surface area contributed by atoms with Crippen molar-refractivity contribution in [3.8, 4) is 16.9 Å². The van der Waals surface area contributed by atoms with Crippen molar-refractivity contribution in [3.63, 3.8) is 0 Å². The van der Waals surface area contributed by atoms with E-state index in [4.69, 9.17) is 9.84 Å². The fraction of sp³-hybridized carbons (Fsp3) is 0.500. The summed E-state index contributed by atoms with van der Waals surface area (Å²) < 4.78 is 21.3. The van der Waals surface area contributed by atoms with Crippen LogP contribution in [0.15, 0.2) is 42.5 Å². The largest absolute Gasteiger partial charge is 0.490 e. The highest BCUT2D eigenvalue weighted by molar-refractivity contribution is 5.71. The molecule has 4 rings (SSSR count). The third kappa shape index (κ3) is 5.09. The molecule has 0 radical (unpaired) electrons. The van der Waals surface area contributed by atoms with Gasteiger partial charge in [0.2, 0.25) is 0 Å². The smallest absolute Gasteiger partial charge is 0.309 e. The van der Waals surface area contributed by atoms with E-state index in [0.29, 0.717) is 30.8 Å². The molecule has 2 aromatic rings. The number of halogens is 1. The Morgan fingerprint density at radius 2 is 1.77 bits per heavy atom. The highest BCUT2D eigenvalue weighted by Crippen LogP contribution is 2.33. The van der Waals surface area contributed by atoms with Crippen LogP contribution in [0, 0.1) is 23.6 Å². The molecule has 1 aliphatic carbocycles. The fourth-order valence-corrected chi connectivity index (χ4v) is 4.80. The third-order valence-electron chi connectivity index (χ3n) is 6.91. The Balaban J connectivity index is 1.37. The Bertz CT molecular complexity index is 897. The summed E-state index contributed by atoms with van der Waals surface area (Å²) in [5.41, 5.74) is 1.99. The van der Waals surface area contributed by atoms with Crippen molar-refractivity contribution in [1.82, 2.24) is 4.90 Å². The van der Waals surface area contributed by atoms with Crippen molar-refractivity contribution < 1.29 is 19.0 Å². The zero-order valence-corrected chi connectivity index (χ0v) is 18.4. The molecule has 4 nitrogen and oxygen atoms in total. The number of carboxylic acid groups (broad SMARTS) is 1. The number of carbonyl (C=O) groups is 1. The highest BCUT2D eigenvalue weighted by Gasteiger charge is 2.32. The minimum atomic E-state index is -0.777. The predicted molar refractivity (Wildman–Crippen MR) is 119 cm³/mol. The first-order valence-electron chi connectivity index (χ1n) is 11.4. The Kier molecular flexibility index (Phi) is 6.61. The lowest BCUT2D eigenvalue weighted by Crippen LogP contribution is -2.49. The molecule has 2 aliphatic rings. The van der Waals surface area contributed by atoms with Crippen molar-refractivity contribution in [2.24, 2.45) is 17.8 Å². The normalized spacial score (nSPS) is 22.3. The van der Waals surface area contributed by atoms with Crippen molar-refractivity contribution in [3.05, 3.63) is 53.8 Å². The predicted octanol–water partition coefficient (Wildman–Crippen LogP) is 5.60. The van der Waals surface area contributed by atoms with Gasteiger partial charge in [0.1, 0.15) is 11.6 Å². The molecule has 2 fully saturated rings. The molecule has 1 saturated carbocycles.